The van der Waals surface area contributed by atoms with Gasteiger partial charge in [0, 0.05) is 32.4 Å². The lowest BCUT2D eigenvalue weighted by atomic mass is 10.0. The summed E-state index contributed by atoms with van der Waals surface area (Å²) in [4.78, 5) is 27.8. The molecule has 1 amide bonds. The zero-order valence-electron chi connectivity index (χ0n) is 18.0. The van der Waals surface area contributed by atoms with Crippen LogP contribution in [-0.4, -0.2) is 80.5 Å². The van der Waals surface area contributed by atoms with Gasteiger partial charge in [0.25, 0.3) is 0 Å². The highest BCUT2D eigenvalue weighted by molar-refractivity contribution is 5.77. The summed E-state index contributed by atoms with van der Waals surface area (Å²) in [6, 6.07) is 8.44. The van der Waals surface area contributed by atoms with Gasteiger partial charge in [-0.05, 0) is 24.9 Å². The molecular formula is C21H30N8O3. The average Bonchev–Trinajstić information content (AvgIpc) is 3.21. The van der Waals surface area contributed by atoms with Gasteiger partial charge in [0.1, 0.15) is 6.54 Å². The van der Waals surface area contributed by atoms with Gasteiger partial charge in [0.15, 0.2) is 5.96 Å². The second kappa shape index (κ2) is 11.2. The van der Waals surface area contributed by atoms with E-state index in [1.807, 2.05) is 23.1 Å². The Balaban J connectivity index is 1.43. The SMILES string of the molecule is N=C(N)N1CCN(CCCc2cn(CC(=O)N[C@H](CC(=O)O)c3ccccc3)nn2)CC1. The van der Waals surface area contributed by atoms with E-state index < -0.39 is 12.0 Å². The first-order valence-electron chi connectivity index (χ1n) is 10.7. The number of aromatic nitrogens is 3. The van der Waals surface area contributed by atoms with E-state index in [0.29, 0.717) is 0 Å². The molecule has 2 aromatic rings. The molecule has 11 heteroatoms. The Bertz CT molecular complexity index is 909. The summed E-state index contributed by atoms with van der Waals surface area (Å²) < 4.78 is 1.47. The van der Waals surface area contributed by atoms with Gasteiger partial charge in [-0.25, -0.2) is 4.68 Å². The van der Waals surface area contributed by atoms with Crippen LogP contribution in [0.4, 0.5) is 0 Å². The summed E-state index contributed by atoms with van der Waals surface area (Å²) in [5.74, 6) is -1.17. The first-order valence-corrected chi connectivity index (χ1v) is 10.7. The molecule has 1 aliphatic rings. The predicted octanol–water partition coefficient (Wildman–Crippen LogP) is 0.0540. The molecular weight excluding hydrogens is 412 g/mol. The molecule has 5 N–H and O–H groups in total. The quantitative estimate of drug-likeness (QED) is 0.297. The Labute approximate surface area is 186 Å². The molecule has 0 saturated carbocycles. The van der Waals surface area contributed by atoms with Gasteiger partial charge >= 0.3 is 5.97 Å². The Morgan fingerprint density at radius 2 is 1.91 bits per heavy atom. The number of carboxylic acids is 1. The molecule has 1 aromatic heterocycles. The lowest BCUT2D eigenvalue weighted by Gasteiger charge is -2.34. The van der Waals surface area contributed by atoms with E-state index in [0.717, 1.165) is 56.8 Å². The lowest BCUT2D eigenvalue weighted by Crippen LogP contribution is -2.50. The molecule has 1 aliphatic heterocycles. The summed E-state index contributed by atoms with van der Waals surface area (Å²) in [6.07, 6.45) is 3.22. The molecule has 11 nitrogen and oxygen atoms in total. The van der Waals surface area contributed by atoms with Crippen molar-refractivity contribution in [3.63, 3.8) is 0 Å². The number of guanidine groups is 1. The van der Waals surface area contributed by atoms with Crippen molar-refractivity contribution in [2.24, 2.45) is 5.73 Å². The lowest BCUT2D eigenvalue weighted by molar-refractivity contribution is -0.137. The number of carboxylic acid groups (broad SMARTS) is 1. The first kappa shape index (κ1) is 23.2. The van der Waals surface area contributed by atoms with Crippen molar-refractivity contribution in [3.8, 4) is 0 Å². The van der Waals surface area contributed by atoms with E-state index in [-0.39, 0.29) is 24.8 Å². The molecule has 0 unspecified atom stereocenters. The third-order valence-electron chi connectivity index (χ3n) is 5.43. The van der Waals surface area contributed by atoms with Gasteiger partial charge < -0.3 is 21.1 Å². The molecule has 2 heterocycles. The summed E-state index contributed by atoms with van der Waals surface area (Å²) in [5, 5.41) is 27.6. The van der Waals surface area contributed by atoms with Crippen LogP contribution in [0.2, 0.25) is 0 Å². The highest BCUT2D eigenvalue weighted by atomic mass is 16.4. The van der Waals surface area contributed by atoms with Crippen molar-refractivity contribution in [2.45, 2.75) is 31.8 Å². The fourth-order valence-corrected chi connectivity index (χ4v) is 3.73. The van der Waals surface area contributed by atoms with Crippen LogP contribution in [0.5, 0.6) is 0 Å². The maximum absolute atomic E-state index is 12.5. The number of carbonyl (C=O) groups excluding carboxylic acids is 1. The highest BCUT2D eigenvalue weighted by Gasteiger charge is 2.19. The number of rotatable bonds is 10. The number of hydrogen-bond acceptors (Lipinski definition) is 6. The Hall–Kier alpha value is -3.47. The summed E-state index contributed by atoms with van der Waals surface area (Å²) in [7, 11) is 0. The normalized spacial score (nSPS) is 15.3. The van der Waals surface area contributed by atoms with Crippen LogP contribution in [0, 0.1) is 5.41 Å². The molecule has 0 spiro atoms. The van der Waals surface area contributed by atoms with Gasteiger partial charge in [0.05, 0.1) is 18.2 Å². The summed E-state index contributed by atoms with van der Waals surface area (Å²) >= 11 is 0. The molecule has 0 aliphatic carbocycles. The Morgan fingerprint density at radius 3 is 2.56 bits per heavy atom. The van der Waals surface area contributed by atoms with Crippen molar-refractivity contribution in [1.29, 1.82) is 5.41 Å². The number of hydrogen-bond donors (Lipinski definition) is 4. The van der Waals surface area contributed by atoms with Crippen LogP contribution in [0.1, 0.15) is 30.1 Å². The molecule has 1 atom stereocenters. The van der Waals surface area contributed by atoms with Crippen LogP contribution in [0.15, 0.2) is 36.5 Å². The van der Waals surface area contributed by atoms with Crippen molar-refractivity contribution in [2.75, 3.05) is 32.7 Å². The van der Waals surface area contributed by atoms with Gasteiger partial charge in [-0.1, -0.05) is 35.5 Å². The first-order chi connectivity index (χ1) is 15.4. The van der Waals surface area contributed by atoms with Gasteiger partial charge in [-0.3, -0.25) is 19.9 Å². The second-order valence-corrected chi connectivity index (χ2v) is 7.85. The predicted molar refractivity (Wildman–Crippen MR) is 118 cm³/mol. The molecule has 0 radical (unpaired) electrons. The molecule has 3 rings (SSSR count). The smallest absolute Gasteiger partial charge is 0.305 e. The summed E-state index contributed by atoms with van der Waals surface area (Å²) in [5.41, 5.74) is 7.07. The van der Waals surface area contributed by atoms with Crippen LogP contribution in [0.25, 0.3) is 0 Å². The van der Waals surface area contributed by atoms with Crippen LogP contribution >= 0.6 is 0 Å². The third-order valence-corrected chi connectivity index (χ3v) is 5.43. The molecule has 1 fully saturated rings. The number of nitrogens with one attached hydrogen (secondary N) is 2. The number of aryl methyl sites for hydroxylation is 1. The number of benzene rings is 1. The zero-order valence-corrected chi connectivity index (χ0v) is 18.0. The molecule has 32 heavy (non-hydrogen) atoms. The fraction of sp³-hybridized carbons (Fsp3) is 0.476. The van der Waals surface area contributed by atoms with E-state index in [9.17, 15) is 9.59 Å². The number of nitrogens with zero attached hydrogens (tertiary/aromatic N) is 5. The monoisotopic (exact) mass is 442 g/mol. The Kier molecular flexibility index (Phi) is 8.14. The van der Waals surface area contributed by atoms with E-state index >= 15 is 0 Å². The second-order valence-electron chi connectivity index (χ2n) is 7.85. The molecule has 1 saturated heterocycles. The van der Waals surface area contributed by atoms with Crippen molar-refractivity contribution < 1.29 is 14.7 Å². The third kappa shape index (κ3) is 7.05. The summed E-state index contributed by atoms with van der Waals surface area (Å²) in [6.45, 7) is 4.20. The highest BCUT2D eigenvalue weighted by Crippen LogP contribution is 2.16. The zero-order chi connectivity index (χ0) is 22.9. The van der Waals surface area contributed by atoms with E-state index in [4.69, 9.17) is 16.2 Å². The van der Waals surface area contributed by atoms with Crippen LogP contribution < -0.4 is 11.1 Å². The number of nitrogens with two attached hydrogens (primary N) is 1. The minimum Gasteiger partial charge on any atom is -0.481 e. The fourth-order valence-electron chi connectivity index (χ4n) is 3.73. The largest absolute Gasteiger partial charge is 0.481 e. The van der Waals surface area contributed by atoms with Crippen LogP contribution in [0.3, 0.4) is 0 Å². The van der Waals surface area contributed by atoms with Crippen molar-refractivity contribution >= 4 is 17.8 Å². The molecule has 0 bridgehead atoms. The van der Waals surface area contributed by atoms with Crippen molar-refractivity contribution in [3.05, 3.63) is 47.8 Å². The maximum Gasteiger partial charge on any atom is 0.305 e. The van der Waals surface area contributed by atoms with E-state index in [2.05, 4.69) is 20.5 Å². The minimum atomic E-state index is -0.982. The van der Waals surface area contributed by atoms with E-state index in [1.54, 1.807) is 18.3 Å². The van der Waals surface area contributed by atoms with Crippen LogP contribution in [-0.2, 0) is 22.6 Å². The maximum atomic E-state index is 12.5. The standard InChI is InChI=1S/C21H30N8O3/c22-21(23)28-11-9-27(10-12-28)8-4-7-17-14-29(26-25-17)15-19(30)24-18(13-20(31)32)16-5-2-1-3-6-16/h1-3,5-6,14,18H,4,7-13,15H2,(H3,22,23)(H,24,30)(H,31,32)/t18-/m1/s1. The minimum absolute atomic E-state index is 0.0248. The van der Waals surface area contributed by atoms with Gasteiger partial charge in [-0.2, -0.15) is 0 Å². The number of aliphatic carboxylic acids is 1. The number of carbonyl (C=O) groups is 2. The van der Waals surface area contributed by atoms with Crippen molar-refractivity contribution in [1.82, 2.24) is 30.1 Å². The number of amides is 1. The molecule has 172 valence electrons. The van der Waals surface area contributed by atoms with E-state index in [1.165, 1.54) is 4.68 Å². The average molecular weight is 443 g/mol. The van der Waals surface area contributed by atoms with Gasteiger partial charge in [-0.15, -0.1) is 5.10 Å². The Morgan fingerprint density at radius 1 is 1.19 bits per heavy atom. The topological polar surface area (TPSA) is 153 Å². The number of piperazine rings is 1. The van der Waals surface area contributed by atoms with Gasteiger partial charge in [0.2, 0.25) is 5.91 Å². The molecule has 1 aromatic carbocycles.